The molecule has 1 aliphatic rings. The van der Waals surface area contributed by atoms with Crippen LogP contribution in [0.15, 0.2) is 29.3 Å². The van der Waals surface area contributed by atoms with Crippen LogP contribution in [0.3, 0.4) is 0 Å². The van der Waals surface area contributed by atoms with Gasteiger partial charge in [-0.25, -0.2) is 0 Å². The summed E-state index contributed by atoms with van der Waals surface area (Å²) in [6, 6.07) is 8.50. The molecule has 0 aliphatic heterocycles. The lowest BCUT2D eigenvalue weighted by Crippen LogP contribution is -2.21. The Morgan fingerprint density at radius 2 is 1.71 bits per heavy atom. The molecule has 2 rings (SSSR count). The van der Waals surface area contributed by atoms with E-state index in [1.807, 2.05) is 18.2 Å². The van der Waals surface area contributed by atoms with Crippen molar-refractivity contribution in [2.75, 3.05) is 5.73 Å². The number of anilines is 1. The molecule has 1 aliphatic carbocycles. The van der Waals surface area contributed by atoms with Crippen molar-refractivity contribution in [1.82, 2.24) is 0 Å². The number of hydrogen-bond donors (Lipinski definition) is 2. The highest BCUT2D eigenvalue weighted by Gasteiger charge is 2.44. The minimum atomic E-state index is -5.84. The van der Waals surface area contributed by atoms with Crippen molar-refractivity contribution in [1.29, 1.82) is 0 Å². The molecule has 1 saturated carbocycles. The van der Waals surface area contributed by atoms with Crippen molar-refractivity contribution in [2.24, 2.45) is 4.99 Å². The molecule has 3 N–H and O–H groups in total. The summed E-state index contributed by atoms with van der Waals surface area (Å²) < 4.78 is 57.5. The minimum absolute atomic E-state index is 0.522. The Bertz CT molecular complexity index is 667. The third-order valence-corrected chi connectivity index (χ3v) is 4.18. The van der Waals surface area contributed by atoms with Crippen LogP contribution in [0.4, 0.5) is 18.9 Å². The fourth-order valence-corrected chi connectivity index (χ4v) is 2.38. The van der Waals surface area contributed by atoms with Gasteiger partial charge in [0.25, 0.3) is 0 Å². The first-order valence-electron chi connectivity index (χ1n) is 7.45. The van der Waals surface area contributed by atoms with Crippen molar-refractivity contribution in [3.8, 4) is 0 Å². The first-order valence-corrected chi connectivity index (χ1v) is 8.89. The van der Waals surface area contributed by atoms with Crippen LogP contribution in [0.2, 0.25) is 0 Å². The number of halogens is 3. The second-order valence-corrected chi connectivity index (χ2v) is 6.93. The van der Waals surface area contributed by atoms with Gasteiger partial charge >= 0.3 is 15.6 Å². The van der Waals surface area contributed by atoms with E-state index >= 15 is 0 Å². The summed E-state index contributed by atoms with van der Waals surface area (Å²) in [4.78, 5) is 4.80. The van der Waals surface area contributed by atoms with Gasteiger partial charge in [0, 0.05) is 17.0 Å². The molecule has 0 bridgehead atoms. The smallest absolute Gasteiger partial charge is 0.398 e. The van der Waals surface area contributed by atoms with Crippen molar-refractivity contribution >= 4 is 21.5 Å². The van der Waals surface area contributed by atoms with Gasteiger partial charge in [-0.2, -0.15) is 21.6 Å². The van der Waals surface area contributed by atoms with Gasteiger partial charge in [0.15, 0.2) is 0 Å². The van der Waals surface area contributed by atoms with Crippen LogP contribution >= 0.6 is 0 Å². The quantitative estimate of drug-likeness (QED) is 0.360. The van der Waals surface area contributed by atoms with Crippen LogP contribution in [-0.2, 0) is 10.1 Å². The maximum atomic E-state index is 10.7. The standard InChI is InChI=1S/C14H20N2.CHF3O3S/c1-11(13-9-5-6-10-14(13)15)16-12-7-3-2-4-8-12;2-1(3,4)8(5,6)7/h5-6,9-10,12H,2-4,7-8,15H2,1H3;(H,5,6,7). The van der Waals surface area contributed by atoms with Crippen LogP contribution in [0, 0.1) is 0 Å². The highest BCUT2D eigenvalue weighted by Crippen LogP contribution is 2.22. The Kier molecular flexibility index (Phi) is 7.22. The second-order valence-electron chi connectivity index (χ2n) is 5.51. The van der Waals surface area contributed by atoms with Gasteiger partial charge in [-0.1, -0.05) is 37.5 Å². The number of alkyl halides is 3. The Morgan fingerprint density at radius 3 is 2.17 bits per heavy atom. The average molecular weight is 366 g/mol. The van der Waals surface area contributed by atoms with Crippen LogP contribution < -0.4 is 5.73 Å². The van der Waals surface area contributed by atoms with Crippen LogP contribution in [0.1, 0.15) is 44.6 Å². The maximum absolute atomic E-state index is 10.7. The van der Waals surface area contributed by atoms with E-state index in [-0.39, 0.29) is 0 Å². The SMILES string of the molecule is CC(=NC1CCCCC1)c1ccccc1N.O=S(=O)(O)C(F)(F)F. The lowest BCUT2D eigenvalue weighted by Gasteiger charge is -2.18. The molecule has 1 aromatic rings. The Labute approximate surface area is 139 Å². The molecule has 5 nitrogen and oxygen atoms in total. The van der Waals surface area contributed by atoms with E-state index < -0.39 is 15.6 Å². The third kappa shape index (κ3) is 6.48. The molecule has 0 saturated heterocycles. The molecular weight excluding hydrogens is 345 g/mol. The zero-order valence-electron chi connectivity index (χ0n) is 13.3. The molecule has 0 aromatic heterocycles. The molecule has 1 fully saturated rings. The van der Waals surface area contributed by atoms with E-state index in [9.17, 15) is 13.2 Å². The van der Waals surface area contributed by atoms with Crippen molar-refractivity contribution in [3.05, 3.63) is 29.8 Å². The summed E-state index contributed by atoms with van der Waals surface area (Å²) in [5.74, 6) is 0. The van der Waals surface area contributed by atoms with E-state index in [0.717, 1.165) is 17.0 Å². The molecule has 0 unspecified atom stereocenters. The lowest BCUT2D eigenvalue weighted by molar-refractivity contribution is -0.0510. The molecule has 24 heavy (non-hydrogen) atoms. The van der Waals surface area contributed by atoms with E-state index in [0.29, 0.717) is 6.04 Å². The zero-order chi connectivity index (χ0) is 18.4. The van der Waals surface area contributed by atoms with Crippen molar-refractivity contribution in [3.63, 3.8) is 0 Å². The van der Waals surface area contributed by atoms with Gasteiger partial charge in [0.1, 0.15) is 0 Å². The molecule has 0 spiro atoms. The maximum Gasteiger partial charge on any atom is 0.522 e. The Morgan fingerprint density at radius 1 is 1.21 bits per heavy atom. The number of nitrogen functional groups attached to an aromatic ring is 1. The number of nitrogens with zero attached hydrogens (tertiary/aromatic N) is 1. The highest BCUT2D eigenvalue weighted by atomic mass is 32.2. The topological polar surface area (TPSA) is 92.8 Å². The van der Waals surface area contributed by atoms with E-state index in [1.54, 1.807) is 0 Å². The number of aliphatic imine (C=N–C) groups is 1. The number of nitrogens with two attached hydrogens (primary N) is 1. The lowest BCUT2D eigenvalue weighted by atomic mass is 9.95. The normalized spacial score (nSPS) is 17.1. The highest BCUT2D eigenvalue weighted by molar-refractivity contribution is 7.86. The molecule has 0 heterocycles. The average Bonchev–Trinajstić information content (AvgIpc) is 2.47. The monoisotopic (exact) mass is 366 g/mol. The summed E-state index contributed by atoms with van der Waals surface area (Å²) in [6.45, 7) is 2.07. The number of rotatable bonds is 2. The van der Waals surface area contributed by atoms with E-state index in [4.69, 9.17) is 23.7 Å². The van der Waals surface area contributed by atoms with E-state index in [2.05, 4.69) is 13.0 Å². The van der Waals surface area contributed by atoms with Gasteiger partial charge in [0.05, 0.1) is 6.04 Å². The van der Waals surface area contributed by atoms with E-state index in [1.165, 1.54) is 32.1 Å². The summed E-state index contributed by atoms with van der Waals surface area (Å²) >= 11 is 0. The molecule has 0 amide bonds. The fourth-order valence-electron chi connectivity index (χ4n) is 2.38. The zero-order valence-corrected chi connectivity index (χ0v) is 14.1. The fraction of sp³-hybridized carbons (Fsp3) is 0.533. The number of para-hydroxylation sites is 1. The number of benzene rings is 1. The first kappa shape index (κ1) is 20.4. The first-order chi connectivity index (χ1) is 11.0. The molecular formula is C15H21F3N2O3S. The predicted octanol–water partition coefficient (Wildman–Crippen LogP) is 3.80. The molecule has 1 aromatic carbocycles. The van der Waals surface area contributed by atoms with Crippen LogP contribution in [0.25, 0.3) is 0 Å². The van der Waals surface area contributed by atoms with Gasteiger partial charge < -0.3 is 5.73 Å². The summed E-state index contributed by atoms with van der Waals surface area (Å²) in [6.07, 6.45) is 6.50. The van der Waals surface area contributed by atoms with Gasteiger partial charge in [0.2, 0.25) is 0 Å². The Hall–Kier alpha value is -1.61. The minimum Gasteiger partial charge on any atom is -0.398 e. The molecule has 136 valence electrons. The molecule has 9 heteroatoms. The van der Waals surface area contributed by atoms with Crippen LogP contribution in [0.5, 0.6) is 0 Å². The van der Waals surface area contributed by atoms with Crippen molar-refractivity contribution < 1.29 is 26.1 Å². The Balaban J connectivity index is 0.000000307. The summed E-state index contributed by atoms with van der Waals surface area (Å²) in [5, 5.41) is 0. The molecule has 0 atom stereocenters. The second kappa shape index (κ2) is 8.48. The van der Waals surface area contributed by atoms with Crippen LogP contribution in [-0.4, -0.2) is 30.2 Å². The summed E-state index contributed by atoms with van der Waals surface area (Å²) in [5.41, 5.74) is 3.42. The molecule has 0 radical (unpaired) electrons. The third-order valence-electron chi connectivity index (χ3n) is 3.59. The van der Waals surface area contributed by atoms with Gasteiger partial charge in [-0.15, -0.1) is 0 Å². The number of hydrogen-bond acceptors (Lipinski definition) is 4. The van der Waals surface area contributed by atoms with Gasteiger partial charge in [-0.05, 0) is 25.8 Å². The predicted molar refractivity (Wildman–Crippen MR) is 87.5 cm³/mol. The largest absolute Gasteiger partial charge is 0.522 e. The van der Waals surface area contributed by atoms with Gasteiger partial charge in [-0.3, -0.25) is 9.55 Å². The summed E-state index contributed by atoms with van der Waals surface area (Å²) in [7, 11) is -5.84. The van der Waals surface area contributed by atoms with Crippen molar-refractivity contribution in [2.45, 2.75) is 50.6 Å².